The maximum absolute atomic E-state index is 13.3. The van der Waals surface area contributed by atoms with E-state index >= 15 is 0 Å². The molecule has 2 aliphatic carbocycles. The van der Waals surface area contributed by atoms with Gasteiger partial charge in [0.15, 0.2) is 11.6 Å². The van der Waals surface area contributed by atoms with Crippen molar-refractivity contribution in [3.8, 4) is 0 Å². The molecule has 7 nitrogen and oxygen atoms in total. The Labute approximate surface area is 213 Å². The number of hydrogen-bond acceptors (Lipinski definition) is 5. The lowest BCUT2D eigenvalue weighted by molar-refractivity contribution is -0.122. The van der Waals surface area contributed by atoms with Crippen LogP contribution in [-0.4, -0.2) is 41.1 Å². The highest BCUT2D eigenvalue weighted by Crippen LogP contribution is 2.56. The lowest BCUT2D eigenvalue weighted by atomic mass is 9.82. The molecule has 0 saturated heterocycles. The van der Waals surface area contributed by atoms with E-state index in [0.717, 1.165) is 19.3 Å². The van der Waals surface area contributed by atoms with Crippen LogP contribution in [0.4, 0.5) is 0 Å². The predicted molar refractivity (Wildman–Crippen MR) is 137 cm³/mol. The minimum Gasteiger partial charge on any atom is -0.509 e. The summed E-state index contributed by atoms with van der Waals surface area (Å²) >= 11 is 0. The van der Waals surface area contributed by atoms with Crippen molar-refractivity contribution in [2.24, 2.45) is 35.5 Å². The summed E-state index contributed by atoms with van der Waals surface area (Å²) in [6.45, 7) is 4.90. The Morgan fingerprint density at radius 2 is 1.83 bits per heavy atom. The monoisotopic (exact) mass is 494 g/mol. The van der Waals surface area contributed by atoms with E-state index in [9.17, 15) is 24.3 Å². The van der Waals surface area contributed by atoms with Crippen molar-refractivity contribution >= 4 is 23.4 Å². The van der Waals surface area contributed by atoms with Crippen molar-refractivity contribution < 1.29 is 24.3 Å². The minimum absolute atomic E-state index is 0.0976. The van der Waals surface area contributed by atoms with Crippen molar-refractivity contribution in [3.05, 3.63) is 47.8 Å². The Hall–Kier alpha value is -2.96. The van der Waals surface area contributed by atoms with Gasteiger partial charge in [0.05, 0.1) is 6.04 Å². The fourth-order valence-corrected chi connectivity index (χ4v) is 6.88. The van der Waals surface area contributed by atoms with Gasteiger partial charge in [-0.2, -0.15) is 0 Å². The Balaban J connectivity index is 1.55. The molecule has 2 fully saturated rings. The van der Waals surface area contributed by atoms with Crippen LogP contribution in [0, 0.1) is 35.5 Å². The van der Waals surface area contributed by atoms with Crippen LogP contribution in [0.1, 0.15) is 58.8 Å². The number of amides is 2. The molecule has 3 N–H and O–H groups in total. The van der Waals surface area contributed by atoms with E-state index < -0.39 is 11.9 Å². The molecule has 7 atom stereocenters. The number of allylic oxidation sites excluding steroid dienone is 5. The number of nitrogens with one attached hydrogen (secondary N) is 2. The van der Waals surface area contributed by atoms with Gasteiger partial charge in [0.1, 0.15) is 11.3 Å². The first-order chi connectivity index (χ1) is 17.3. The Morgan fingerprint density at radius 3 is 2.61 bits per heavy atom. The van der Waals surface area contributed by atoms with E-state index in [2.05, 4.69) is 30.6 Å². The van der Waals surface area contributed by atoms with Crippen LogP contribution in [0.15, 0.2) is 47.8 Å². The van der Waals surface area contributed by atoms with Crippen molar-refractivity contribution in [2.75, 3.05) is 6.54 Å². The molecule has 2 amide bonds. The number of Topliss-reactive ketones (excluding diaryl/α,β-unsaturated/α-hetero) is 1. The second-order valence-corrected chi connectivity index (χ2v) is 10.7. The number of aliphatic hydroxyl groups is 1. The Kier molecular flexibility index (Phi) is 8.27. The predicted octanol–water partition coefficient (Wildman–Crippen LogP) is 3.73. The highest BCUT2D eigenvalue weighted by Gasteiger charge is 2.52. The molecular weight excluding hydrogens is 456 g/mol. The normalized spacial score (nSPS) is 38.7. The number of aliphatic hydroxyl groups excluding tert-OH is 1. The number of rotatable bonds is 1. The average Bonchev–Trinajstić information content (AvgIpc) is 3.45. The molecule has 4 aliphatic rings. The van der Waals surface area contributed by atoms with Gasteiger partial charge in [-0.25, -0.2) is 0 Å². The van der Waals surface area contributed by atoms with Gasteiger partial charge in [0.25, 0.3) is 5.91 Å². The third-order valence-electron chi connectivity index (χ3n) is 8.77. The van der Waals surface area contributed by atoms with Crippen molar-refractivity contribution in [1.82, 2.24) is 10.6 Å². The van der Waals surface area contributed by atoms with Crippen LogP contribution in [0.3, 0.4) is 0 Å². The van der Waals surface area contributed by atoms with Crippen LogP contribution < -0.4 is 10.6 Å². The molecule has 36 heavy (non-hydrogen) atoms. The molecule has 4 rings (SSSR count). The number of carbonyl (C=O) groups excluding carboxylic acids is 4. The van der Waals surface area contributed by atoms with Crippen LogP contribution in [-0.2, 0) is 19.2 Å². The molecule has 194 valence electrons. The highest BCUT2D eigenvalue weighted by atomic mass is 16.3. The van der Waals surface area contributed by atoms with E-state index in [1.807, 2.05) is 6.08 Å². The van der Waals surface area contributed by atoms with Gasteiger partial charge in [-0.1, -0.05) is 44.6 Å². The maximum Gasteiger partial charge on any atom is 0.259 e. The Morgan fingerprint density at radius 1 is 1.06 bits per heavy atom. The Bertz CT molecular complexity index is 1020. The topological polar surface area (TPSA) is 113 Å². The molecule has 2 heterocycles. The summed E-state index contributed by atoms with van der Waals surface area (Å²) in [7, 11) is 0. The average molecular weight is 495 g/mol. The van der Waals surface area contributed by atoms with Crippen LogP contribution >= 0.6 is 0 Å². The molecule has 0 spiro atoms. The van der Waals surface area contributed by atoms with E-state index in [4.69, 9.17) is 0 Å². The first kappa shape index (κ1) is 26.1. The summed E-state index contributed by atoms with van der Waals surface area (Å²) in [5.41, 5.74) is -0.150. The molecular formula is C29H38N2O5. The summed E-state index contributed by atoms with van der Waals surface area (Å²) in [6, 6.07) is -0.605. The molecule has 7 unspecified atom stereocenters. The number of hydrogen-bond donors (Lipinski definition) is 3. The van der Waals surface area contributed by atoms with Crippen LogP contribution in [0.25, 0.3) is 0 Å². The molecule has 0 aromatic carbocycles. The van der Waals surface area contributed by atoms with Gasteiger partial charge in [0.2, 0.25) is 5.91 Å². The molecule has 0 aromatic rings. The minimum atomic E-state index is -0.605. The smallest absolute Gasteiger partial charge is 0.259 e. The van der Waals surface area contributed by atoms with Crippen LogP contribution in [0.5, 0.6) is 0 Å². The van der Waals surface area contributed by atoms with Gasteiger partial charge < -0.3 is 15.7 Å². The van der Waals surface area contributed by atoms with Gasteiger partial charge >= 0.3 is 0 Å². The highest BCUT2D eigenvalue weighted by molar-refractivity contribution is 6.21. The summed E-state index contributed by atoms with van der Waals surface area (Å²) in [6.07, 6.45) is 15.0. The van der Waals surface area contributed by atoms with Gasteiger partial charge in [0, 0.05) is 25.0 Å². The zero-order chi connectivity index (χ0) is 25.8. The number of fused-ring (bicyclic) bond motifs is 4. The van der Waals surface area contributed by atoms with E-state index in [0.29, 0.717) is 49.5 Å². The van der Waals surface area contributed by atoms with E-state index in [-0.39, 0.29) is 47.1 Å². The lowest BCUT2D eigenvalue weighted by Crippen LogP contribution is -2.31. The van der Waals surface area contributed by atoms with Gasteiger partial charge in [-0.3, -0.25) is 19.2 Å². The third kappa shape index (κ3) is 5.40. The van der Waals surface area contributed by atoms with Crippen LogP contribution in [0.2, 0.25) is 0 Å². The quantitative estimate of drug-likeness (QED) is 0.380. The van der Waals surface area contributed by atoms with Crippen molar-refractivity contribution in [3.63, 3.8) is 0 Å². The first-order valence-corrected chi connectivity index (χ1v) is 13.4. The van der Waals surface area contributed by atoms with E-state index in [1.165, 1.54) is 6.08 Å². The lowest BCUT2D eigenvalue weighted by Gasteiger charge is -2.21. The third-order valence-corrected chi connectivity index (χ3v) is 8.77. The zero-order valence-electron chi connectivity index (χ0n) is 21.2. The largest absolute Gasteiger partial charge is 0.509 e. The fourth-order valence-electron chi connectivity index (χ4n) is 6.88. The van der Waals surface area contributed by atoms with Crippen molar-refractivity contribution in [2.45, 2.75) is 64.8 Å². The molecule has 7 heteroatoms. The standard InChI is InChI=1S/C29H38N2O5/c1-3-18-15-21-20(17(18)2)16-19-9-4-5-12-24(33)27-28(35)22(31-29(27)36)10-8-14-30-25(34)13-7-6-11-23(32)26(19)21/h4,6-7,9,11,13,17-22,26,35H,3,5,8,10,12,14-16H2,1-2H3,(H,30,34)(H,31,36)/b9-4+,11-6+,13-7+. The SMILES string of the molecule is CCC1CC2C(CC3/C=C/CCC(=O)C4=C(O)C(CCCNC(=O)/C=C/C=C/C(=O)C32)NC4=O)C1C. The van der Waals surface area contributed by atoms with Gasteiger partial charge in [-0.15, -0.1) is 0 Å². The second-order valence-electron chi connectivity index (χ2n) is 10.7. The second kappa shape index (κ2) is 11.4. The fraction of sp³-hybridized carbons (Fsp3) is 0.586. The molecule has 0 radical (unpaired) electrons. The summed E-state index contributed by atoms with van der Waals surface area (Å²) < 4.78 is 0. The van der Waals surface area contributed by atoms with E-state index in [1.54, 1.807) is 18.2 Å². The molecule has 0 aromatic heterocycles. The number of ketones is 2. The number of carbonyl (C=O) groups is 4. The summed E-state index contributed by atoms with van der Waals surface area (Å²) in [5, 5.41) is 15.9. The summed E-state index contributed by atoms with van der Waals surface area (Å²) in [5.74, 6) is 0.816. The maximum atomic E-state index is 13.3. The molecule has 2 saturated carbocycles. The molecule has 2 bridgehead atoms. The summed E-state index contributed by atoms with van der Waals surface area (Å²) in [4.78, 5) is 50.5. The molecule has 2 aliphatic heterocycles. The first-order valence-electron chi connectivity index (χ1n) is 13.4. The zero-order valence-corrected chi connectivity index (χ0v) is 21.2. The van der Waals surface area contributed by atoms with Gasteiger partial charge in [-0.05, 0) is 67.8 Å². The van der Waals surface area contributed by atoms with Crippen molar-refractivity contribution in [1.29, 1.82) is 0 Å².